The highest BCUT2D eigenvalue weighted by molar-refractivity contribution is 5.33. The molecule has 6 heteroatoms. The van der Waals surface area contributed by atoms with E-state index in [4.69, 9.17) is 4.74 Å². The van der Waals surface area contributed by atoms with E-state index in [1.807, 2.05) is 35.4 Å². The van der Waals surface area contributed by atoms with E-state index in [2.05, 4.69) is 50.2 Å². The van der Waals surface area contributed by atoms with Gasteiger partial charge < -0.3 is 4.74 Å². The van der Waals surface area contributed by atoms with Crippen molar-refractivity contribution in [1.82, 2.24) is 24.6 Å². The first-order chi connectivity index (χ1) is 14.4. The van der Waals surface area contributed by atoms with Gasteiger partial charge in [0.2, 0.25) is 0 Å². The van der Waals surface area contributed by atoms with Gasteiger partial charge in [-0.25, -0.2) is 4.68 Å². The second kappa shape index (κ2) is 10.3. The van der Waals surface area contributed by atoms with Crippen molar-refractivity contribution in [2.24, 2.45) is 0 Å². The second-order valence-electron chi connectivity index (χ2n) is 7.50. The van der Waals surface area contributed by atoms with Crippen molar-refractivity contribution in [3.8, 4) is 5.69 Å². The molecule has 1 aliphatic heterocycles. The highest BCUT2D eigenvalue weighted by Gasteiger charge is 2.12. The fourth-order valence-electron chi connectivity index (χ4n) is 3.74. The van der Waals surface area contributed by atoms with E-state index in [0.29, 0.717) is 0 Å². The molecule has 0 aliphatic carbocycles. The number of morpholine rings is 1. The van der Waals surface area contributed by atoms with Gasteiger partial charge in [0.05, 0.1) is 18.9 Å². The molecule has 152 valence electrons. The van der Waals surface area contributed by atoms with Gasteiger partial charge in [0.25, 0.3) is 0 Å². The summed E-state index contributed by atoms with van der Waals surface area (Å²) in [4.78, 5) is 9.30. The number of hydrogen-bond donors (Lipinski definition) is 0. The number of pyridine rings is 1. The predicted molar refractivity (Wildman–Crippen MR) is 114 cm³/mol. The minimum atomic E-state index is 0.863. The molecule has 1 saturated heterocycles. The van der Waals surface area contributed by atoms with Crippen LogP contribution in [-0.2, 0) is 17.8 Å². The van der Waals surface area contributed by atoms with Crippen LogP contribution in [0.1, 0.15) is 17.5 Å². The molecule has 0 amide bonds. The van der Waals surface area contributed by atoms with Gasteiger partial charge in [-0.15, -0.1) is 0 Å². The van der Waals surface area contributed by atoms with E-state index in [1.54, 1.807) is 6.20 Å². The average molecular weight is 392 g/mol. The van der Waals surface area contributed by atoms with Crippen LogP contribution in [0.4, 0.5) is 0 Å². The maximum Gasteiger partial charge on any atom is 0.0645 e. The number of rotatable bonds is 9. The van der Waals surface area contributed by atoms with Gasteiger partial charge in [-0.3, -0.25) is 14.8 Å². The van der Waals surface area contributed by atoms with Gasteiger partial charge in [0, 0.05) is 57.5 Å². The summed E-state index contributed by atoms with van der Waals surface area (Å²) >= 11 is 0. The van der Waals surface area contributed by atoms with Crippen molar-refractivity contribution in [1.29, 1.82) is 0 Å². The fraction of sp³-hybridized carbons (Fsp3) is 0.391. The van der Waals surface area contributed by atoms with Crippen molar-refractivity contribution in [2.45, 2.75) is 19.5 Å². The zero-order chi connectivity index (χ0) is 19.7. The Hall–Kier alpha value is -2.54. The quantitative estimate of drug-likeness (QED) is 0.561. The Morgan fingerprint density at radius 3 is 2.48 bits per heavy atom. The molecule has 0 spiro atoms. The molecule has 3 heterocycles. The first kappa shape index (κ1) is 19.8. The van der Waals surface area contributed by atoms with Gasteiger partial charge >= 0.3 is 0 Å². The molecule has 6 nitrogen and oxygen atoms in total. The Morgan fingerprint density at radius 2 is 1.76 bits per heavy atom. The van der Waals surface area contributed by atoms with E-state index in [-0.39, 0.29) is 0 Å². The van der Waals surface area contributed by atoms with Crippen molar-refractivity contribution in [3.63, 3.8) is 0 Å². The molecule has 3 aromatic rings. The van der Waals surface area contributed by atoms with Crippen LogP contribution in [0.5, 0.6) is 0 Å². The summed E-state index contributed by atoms with van der Waals surface area (Å²) in [7, 11) is 0. The maximum atomic E-state index is 5.46. The topological polar surface area (TPSA) is 46.4 Å². The monoisotopic (exact) mass is 391 g/mol. The Bertz CT molecular complexity index is 829. The van der Waals surface area contributed by atoms with Gasteiger partial charge in [0.15, 0.2) is 0 Å². The molecule has 0 N–H and O–H groups in total. The molecular weight excluding hydrogens is 362 g/mol. The third kappa shape index (κ3) is 5.97. The lowest BCUT2D eigenvalue weighted by molar-refractivity contribution is 0.0359. The molecule has 2 aromatic heterocycles. The van der Waals surface area contributed by atoms with Crippen molar-refractivity contribution >= 4 is 0 Å². The van der Waals surface area contributed by atoms with E-state index < -0.39 is 0 Å². The molecule has 0 bridgehead atoms. The lowest BCUT2D eigenvalue weighted by Crippen LogP contribution is -2.38. The molecule has 1 aromatic carbocycles. The first-order valence-electron chi connectivity index (χ1n) is 10.4. The molecule has 1 aliphatic rings. The number of nitrogens with zero attached hydrogens (tertiary/aromatic N) is 5. The Kier molecular flexibility index (Phi) is 7.02. The maximum absolute atomic E-state index is 5.46. The van der Waals surface area contributed by atoms with Crippen LogP contribution in [0.25, 0.3) is 5.69 Å². The third-order valence-electron chi connectivity index (χ3n) is 5.29. The van der Waals surface area contributed by atoms with Crippen LogP contribution in [-0.4, -0.2) is 64.0 Å². The SMILES string of the molecule is c1cncc(CN(CCCN2CCOCC2)Cc2ccc(-n3cccn3)cc2)c1. The predicted octanol–water partition coefficient (Wildman–Crippen LogP) is 2.99. The molecule has 4 rings (SSSR count). The van der Waals surface area contributed by atoms with Gasteiger partial charge in [-0.2, -0.15) is 5.10 Å². The number of benzene rings is 1. The lowest BCUT2D eigenvalue weighted by atomic mass is 10.1. The van der Waals surface area contributed by atoms with E-state index in [9.17, 15) is 0 Å². The second-order valence-corrected chi connectivity index (χ2v) is 7.50. The number of hydrogen-bond acceptors (Lipinski definition) is 5. The summed E-state index contributed by atoms with van der Waals surface area (Å²) < 4.78 is 7.34. The summed E-state index contributed by atoms with van der Waals surface area (Å²) in [5.74, 6) is 0. The van der Waals surface area contributed by atoms with Crippen molar-refractivity contribution in [3.05, 3.63) is 78.4 Å². The van der Waals surface area contributed by atoms with Gasteiger partial charge in [-0.05, 0) is 48.4 Å². The van der Waals surface area contributed by atoms with Crippen molar-refractivity contribution in [2.75, 3.05) is 39.4 Å². The Balaban J connectivity index is 1.37. The van der Waals surface area contributed by atoms with E-state index in [0.717, 1.165) is 64.6 Å². The summed E-state index contributed by atoms with van der Waals surface area (Å²) in [6, 6.07) is 14.8. The van der Waals surface area contributed by atoms with Gasteiger partial charge in [-0.1, -0.05) is 18.2 Å². The Labute approximate surface area is 172 Å². The van der Waals surface area contributed by atoms with Crippen molar-refractivity contribution < 1.29 is 4.74 Å². The minimum absolute atomic E-state index is 0.863. The van der Waals surface area contributed by atoms with Crippen LogP contribution < -0.4 is 0 Å². The summed E-state index contributed by atoms with van der Waals surface area (Å²) in [6.07, 6.45) is 8.73. The summed E-state index contributed by atoms with van der Waals surface area (Å²) in [6.45, 7) is 7.87. The molecule has 0 atom stereocenters. The van der Waals surface area contributed by atoms with Crippen LogP contribution in [0.2, 0.25) is 0 Å². The minimum Gasteiger partial charge on any atom is -0.379 e. The van der Waals surface area contributed by atoms with Crippen LogP contribution in [0.15, 0.2) is 67.3 Å². The lowest BCUT2D eigenvalue weighted by Gasteiger charge is -2.28. The van der Waals surface area contributed by atoms with Gasteiger partial charge in [0.1, 0.15) is 0 Å². The largest absolute Gasteiger partial charge is 0.379 e. The molecule has 1 fully saturated rings. The standard InChI is InChI=1S/C23H29N5O/c1-4-22(18-24-9-1)20-27(12-3-11-26-14-16-29-17-15-26)19-21-5-7-23(8-6-21)28-13-2-10-25-28/h1-2,4-10,13,18H,3,11-12,14-17,19-20H2. The summed E-state index contributed by atoms with van der Waals surface area (Å²) in [5, 5.41) is 4.30. The smallest absolute Gasteiger partial charge is 0.0645 e. The number of ether oxygens (including phenoxy) is 1. The average Bonchev–Trinajstić information content (AvgIpc) is 3.31. The molecule has 0 unspecified atom stereocenters. The van der Waals surface area contributed by atoms with Crippen LogP contribution in [0, 0.1) is 0 Å². The number of aromatic nitrogens is 3. The van der Waals surface area contributed by atoms with Crippen LogP contribution in [0.3, 0.4) is 0 Å². The highest BCUT2D eigenvalue weighted by Crippen LogP contribution is 2.13. The zero-order valence-corrected chi connectivity index (χ0v) is 16.9. The van der Waals surface area contributed by atoms with E-state index >= 15 is 0 Å². The van der Waals surface area contributed by atoms with Crippen LogP contribution >= 0.6 is 0 Å². The first-order valence-corrected chi connectivity index (χ1v) is 10.4. The molecule has 0 saturated carbocycles. The third-order valence-corrected chi connectivity index (χ3v) is 5.29. The zero-order valence-electron chi connectivity index (χ0n) is 16.9. The summed E-state index contributed by atoms with van der Waals surface area (Å²) in [5.41, 5.74) is 3.66. The normalized spacial score (nSPS) is 15.1. The molecular formula is C23H29N5O. The van der Waals surface area contributed by atoms with E-state index in [1.165, 1.54) is 11.1 Å². The molecule has 0 radical (unpaired) electrons. The fourth-order valence-corrected chi connectivity index (χ4v) is 3.74. The highest BCUT2D eigenvalue weighted by atomic mass is 16.5. The molecule has 29 heavy (non-hydrogen) atoms. The Morgan fingerprint density at radius 1 is 0.931 bits per heavy atom.